The number of rotatable bonds is 0. The van der Waals surface area contributed by atoms with E-state index in [1.54, 1.807) is 0 Å². The SMILES string of the molecule is C.C.C.C.C.C.C.C.CC.CC.CC.CC.CC.CCC. The van der Waals surface area contributed by atoms with Crippen LogP contribution in [0.4, 0.5) is 0 Å². The molecule has 0 saturated heterocycles. The maximum Gasteiger partial charge on any atom is -0.0590 e. The van der Waals surface area contributed by atoms with E-state index in [9.17, 15) is 0 Å². The average Bonchev–Trinajstić information content (AvgIpc) is 2.32. The van der Waals surface area contributed by atoms with Crippen LogP contribution in [-0.4, -0.2) is 0 Å². The largest absolute Gasteiger partial charge is 0.0776 e. The summed E-state index contributed by atoms with van der Waals surface area (Å²) in [5.41, 5.74) is 0. The Kier molecular flexibility index (Phi) is 58900. The van der Waals surface area contributed by atoms with Crippen molar-refractivity contribution >= 4 is 0 Å². The van der Waals surface area contributed by atoms with Gasteiger partial charge in [-0.05, 0) is 0 Å². The van der Waals surface area contributed by atoms with Gasteiger partial charge in [0.2, 0.25) is 0 Å². The maximum absolute atomic E-state index is 2.12. The Hall–Kier alpha value is 0. The van der Waals surface area contributed by atoms with E-state index in [-0.39, 0.29) is 59.4 Å². The van der Waals surface area contributed by atoms with Crippen molar-refractivity contribution in [2.24, 2.45) is 0 Å². The molecule has 21 heavy (non-hydrogen) atoms. The zero-order valence-corrected chi connectivity index (χ0v) is 12.7. The van der Waals surface area contributed by atoms with Crippen LogP contribution in [0, 0.1) is 0 Å². The Morgan fingerprint density at radius 1 is 0.286 bits per heavy atom. The molecule has 0 rings (SSSR count). The summed E-state index contributed by atoms with van der Waals surface area (Å²) in [5.74, 6) is 0. The fourth-order valence-electron chi connectivity index (χ4n) is 0. The Morgan fingerprint density at radius 3 is 0.286 bits per heavy atom. The van der Waals surface area contributed by atoms with Gasteiger partial charge in [0.05, 0.1) is 0 Å². The summed E-state index contributed by atoms with van der Waals surface area (Å²) < 4.78 is 0. The van der Waals surface area contributed by atoms with Crippen LogP contribution in [0.5, 0.6) is 0 Å². The zero-order valence-electron chi connectivity index (χ0n) is 12.7. The number of hydrogen-bond acceptors (Lipinski definition) is 0. The second-order valence-electron chi connectivity index (χ2n) is 0.707. The Bertz CT molecular complexity index is 0. The number of hydrogen-bond donors (Lipinski definition) is 0. The third-order valence-electron chi connectivity index (χ3n) is 0. The van der Waals surface area contributed by atoms with Gasteiger partial charge in [-0.2, -0.15) is 0 Å². The fraction of sp³-hybridized carbons (Fsp3) is 1.00. The first-order valence-corrected chi connectivity index (χ1v) is 6.41. The van der Waals surface area contributed by atoms with Crippen molar-refractivity contribution in [2.75, 3.05) is 0 Å². The zero-order chi connectivity index (χ0) is 12.7. The smallest absolute Gasteiger partial charge is 0.0590 e. The normalized spacial score (nSPS) is 2.29. The lowest BCUT2D eigenvalue weighted by Gasteiger charge is -1.48. The van der Waals surface area contributed by atoms with E-state index in [1.807, 2.05) is 69.2 Å². The molecule has 0 spiro atoms. The van der Waals surface area contributed by atoms with E-state index in [2.05, 4.69) is 13.8 Å². The molecule has 0 heteroatoms. The monoisotopic (exact) mass is 323 g/mol. The molecule has 154 valence electrons. The van der Waals surface area contributed by atoms with E-state index < -0.39 is 0 Å². The van der Waals surface area contributed by atoms with Crippen molar-refractivity contribution in [3.05, 3.63) is 0 Å². The Labute approximate surface area is 149 Å². The van der Waals surface area contributed by atoms with Gasteiger partial charge in [0, 0.05) is 0 Å². The highest BCUT2D eigenvalue weighted by Gasteiger charge is 1.35. The lowest BCUT2D eigenvalue weighted by molar-refractivity contribution is 1.09. The topological polar surface area (TPSA) is 0 Å². The summed E-state index contributed by atoms with van der Waals surface area (Å²) in [4.78, 5) is 0. The lowest BCUT2D eigenvalue weighted by Crippen LogP contribution is -1.27. The molecule has 0 aromatic heterocycles. The van der Waals surface area contributed by atoms with Crippen molar-refractivity contribution in [2.45, 2.75) is 149 Å². The van der Waals surface area contributed by atoms with Crippen molar-refractivity contribution < 1.29 is 0 Å². The molecular weight excluding hydrogens is 252 g/mol. The van der Waals surface area contributed by atoms with Gasteiger partial charge in [-0.15, -0.1) is 0 Å². The van der Waals surface area contributed by atoms with Crippen LogP contribution >= 0.6 is 0 Å². The second-order valence-corrected chi connectivity index (χ2v) is 0.707. The minimum absolute atomic E-state index is 0. The van der Waals surface area contributed by atoms with E-state index >= 15 is 0 Å². The third-order valence-corrected chi connectivity index (χ3v) is 0. The highest BCUT2D eigenvalue weighted by molar-refractivity contribution is 3.92. The van der Waals surface area contributed by atoms with E-state index in [1.165, 1.54) is 6.42 Å². The summed E-state index contributed by atoms with van der Waals surface area (Å²) in [6.45, 7) is 24.2. The molecule has 0 nitrogen and oxygen atoms in total. The molecule has 0 N–H and O–H groups in total. The molecule has 0 aliphatic heterocycles. The van der Waals surface area contributed by atoms with Gasteiger partial charge in [0.1, 0.15) is 0 Å². The van der Waals surface area contributed by atoms with Crippen LogP contribution in [0.3, 0.4) is 0 Å². The molecular formula is C21H70. The lowest BCUT2D eigenvalue weighted by atomic mass is 10.6. The molecule has 0 saturated carbocycles. The van der Waals surface area contributed by atoms with Crippen LogP contribution < -0.4 is 0 Å². The predicted octanol–water partition coefficient (Wildman–Crippen LogP) is 11.6. The summed E-state index contributed by atoms with van der Waals surface area (Å²) >= 11 is 0. The van der Waals surface area contributed by atoms with Crippen LogP contribution in [0.2, 0.25) is 0 Å². The molecule has 0 unspecified atom stereocenters. The first-order chi connectivity index (χ1) is 6.41. The Balaban J connectivity index is -0.00000000218. The average molecular weight is 323 g/mol. The second kappa shape index (κ2) is 7220. The molecule has 0 radical (unpaired) electrons. The molecule has 0 aliphatic rings. The summed E-state index contributed by atoms with van der Waals surface area (Å²) in [5, 5.41) is 0. The van der Waals surface area contributed by atoms with Crippen molar-refractivity contribution in [3.8, 4) is 0 Å². The maximum atomic E-state index is 2.12. The molecule has 0 aromatic rings. The molecule has 0 atom stereocenters. The van der Waals surface area contributed by atoms with Gasteiger partial charge in [0.25, 0.3) is 0 Å². The van der Waals surface area contributed by atoms with Crippen molar-refractivity contribution in [1.29, 1.82) is 0 Å². The minimum atomic E-state index is 0. The van der Waals surface area contributed by atoms with Gasteiger partial charge in [-0.3, -0.25) is 0 Å². The van der Waals surface area contributed by atoms with Crippen molar-refractivity contribution in [1.82, 2.24) is 0 Å². The molecule has 0 fully saturated rings. The fourth-order valence-corrected chi connectivity index (χ4v) is 0. The van der Waals surface area contributed by atoms with Gasteiger partial charge in [0.15, 0.2) is 0 Å². The minimum Gasteiger partial charge on any atom is -0.0776 e. The van der Waals surface area contributed by atoms with Gasteiger partial charge in [-0.1, -0.05) is 149 Å². The van der Waals surface area contributed by atoms with Gasteiger partial charge < -0.3 is 0 Å². The molecule has 0 bridgehead atoms. The highest BCUT2D eigenvalue weighted by Crippen LogP contribution is 1.56. The molecule has 0 aliphatic carbocycles. The van der Waals surface area contributed by atoms with Crippen LogP contribution in [0.1, 0.15) is 149 Å². The van der Waals surface area contributed by atoms with E-state index in [0.717, 1.165) is 0 Å². The van der Waals surface area contributed by atoms with Crippen LogP contribution in [0.25, 0.3) is 0 Å². The third kappa shape index (κ3) is 0. The van der Waals surface area contributed by atoms with E-state index in [0.29, 0.717) is 0 Å². The molecule has 0 amide bonds. The van der Waals surface area contributed by atoms with E-state index in [4.69, 9.17) is 0 Å². The van der Waals surface area contributed by atoms with Crippen molar-refractivity contribution in [3.63, 3.8) is 0 Å². The summed E-state index contributed by atoms with van der Waals surface area (Å²) in [6.07, 6.45) is 1.25. The van der Waals surface area contributed by atoms with Crippen LogP contribution in [0.15, 0.2) is 0 Å². The first kappa shape index (κ1) is 171. The van der Waals surface area contributed by atoms with Gasteiger partial charge in [-0.25, -0.2) is 0 Å². The highest BCUT2D eigenvalue weighted by atomic mass is 13.4. The Morgan fingerprint density at radius 2 is 0.286 bits per heavy atom. The summed E-state index contributed by atoms with van der Waals surface area (Å²) in [7, 11) is 0. The quantitative estimate of drug-likeness (QED) is 0.416. The first-order valence-electron chi connectivity index (χ1n) is 6.41. The standard InChI is InChI=1S/C3H8.5C2H6.8CH4/c1-3-2;5*1-2;;;;;;;;/h3H2,1-2H3;5*1-2H3;8*1H4. The summed E-state index contributed by atoms with van der Waals surface area (Å²) in [6, 6.07) is 0. The molecule has 0 aromatic carbocycles. The predicted molar refractivity (Wildman–Crippen MR) is 127 cm³/mol. The van der Waals surface area contributed by atoms with Gasteiger partial charge >= 0.3 is 0 Å². The molecule has 0 heterocycles. The van der Waals surface area contributed by atoms with Crippen LogP contribution in [-0.2, 0) is 0 Å².